The van der Waals surface area contributed by atoms with Crippen LogP contribution >= 0.6 is 11.3 Å². The van der Waals surface area contributed by atoms with Gasteiger partial charge in [0.2, 0.25) is 5.91 Å². The predicted molar refractivity (Wildman–Crippen MR) is 85.0 cm³/mol. The standard InChI is InChI=1S/C16H22N2O2S/c1-14(20)18-7-4-6-17(8-9-18)12-16-11-15(13-21-16)5-2-3-10-19/h11,13,19H,3-4,6-10,12H2,1H3. The maximum absolute atomic E-state index is 11.4. The summed E-state index contributed by atoms with van der Waals surface area (Å²) in [5, 5.41) is 10.8. The first-order chi connectivity index (χ1) is 10.2. The second kappa shape index (κ2) is 8.18. The number of carbonyl (C=O) groups excluding carboxylic acids is 1. The lowest BCUT2D eigenvalue weighted by Crippen LogP contribution is -2.33. The van der Waals surface area contributed by atoms with Gasteiger partial charge in [0.05, 0.1) is 6.61 Å². The van der Waals surface area contributed by atoms with Gasteiger partial charge in [0, 0.05) is 61.9 Å². The highest BCUT2D eigenvalue weighted by Crippen LogP contribution is 2.17. The summed E-state index contributed by atoms with van der Waals surface area (Å²) in [5.41, 5.74) is 1.03. The molecule has 4 nitrogen and oxygen atoms in total. The minimum absolute atomic E-state index is 0.115. The maximum Gasteiger partial charge on any atom is 0.219 e. The highest BCUT2D eigenvalue weighted by atomic mass is 32.1. The first kappa shape index (κ1) is 16.0. The minimum atomic E-state index is 0.115. The minimum Gasteiger partial charge on any atom is -0.395 e. The van der Waals surface area contributed by atoms with E-state index in [0.29, 0.717) is 6.42 Å². The monoisotopic (exact) mass is 306 g/mol. The summed E-state index contributed by atoms with van der Waals surface area (Å²) in [7, 11) is 0. The zero-order valence-electron chi connectivity index (χ0n) is 12.5. The second-order valence-electron chi connectivity index (χ2n) is 5.21. The zero-order valence-corrected chi connectivity index (χ0v) is 13.3. The van der Waals surface area contributed by atoms with E-state index in [4.69, 9.17) is 5.11 Å². The highest BCUT2D eigenvalue weighted by Gasteiger charge is 2.16. The second-order valence-corrected chi connectivity index (χ2v) is 6.21. The molecule has 114 valence electrons. The third kappa shape index (κ3) is 5.16. The molecule has 1 N–H and O–H groups in total. The van der Waals surface area contributed by atoms with E-state index in [1.165, 1.54) is 4.88 Å². The first-order valence-electron chi connectivity index (χ1n) is 7.34. The van der Waals surface area contributed by atoms with Crippen molar-refractivity contribution in [3.05, 3.63) is 21.9 Å². The molecular weight excluding hydrogens is 284 g/mol. The fourth-order valence-electron chi connectivity index (χ4n) is 2.41. The molecule has 2 rings (SSSR count). The number of amides is 1. The molecule has 1 aromatic heterocycles. The van der Waals surface area contributed by atoms with Crippen molar-refractivity contribution in [3.8, 4) is 11.8 Å². The number of carbonyl (C=O) groups is 1. The fraction of sp³-hybridized carbons (Fsp3) is 0.562. The van der Waals surface area contributed by atoms with Gasteiger partial charge in [0.1, 0.15) is 0 Å². The van der Waals surface area contributed by atoms with Crippen LogP contribution in [-0.2, 0) is 11.3 Å². The van der Waals surface area contributed by atoms with Crippen molar-refractivity contribution < 1.29 is 9.90 Å². The molecule has 0 radical (unpaired) electrons. The summed E-state index contributed by atoms with van der Waals surface area (Å²) in [6.07, 6.45) is 1.56. The van der Waals surface area contributed by atoms with E-state index in [1.54, 1.807) is 18.3 Å². The molecule has 0 atom stereocenters. The predicted octanol–water partition coefficient (Wildman–Crippen LogP) is 1.54. The number of thiophene rings is 1. The normalized spacial score (nSPS) is 16.2. The molecule has 1 aliphatic rings. The lowest BCUT2D eigenvalue weighted by Gasteiger charge is -2.20. The molecule has 1 aliphatic heterocycles. The van der Waals surface area contributed by atoms with E-state index in [0.717, 1.165) is 44.7 Å². The lowest BCUT2D eigenvalue weighted by atomic mass is 10.3. The molecule has 0 spiro atoms. The van der Waals surface area contributed by atoms with E-state index >= 15 is 0 Å². The van der Waals surface area contributed by atoms with Crippen LogP contribution in [0.5, 0.6) is 0 Å². The van der Waals surface area contributed by atoms with Crippen LogP contribution in [0.3, 0.4) is 0 Å². The largest absolute Gasteiger partial charge is 0.395 e. The van der Waals surface area contributed by atoms with Crippen LogP contribution in [-0.4, -0.2) is 53.6 Å². The quantitative estimate of drug-likeness (QED) is 0.862. The SMILES string of the molecule is CC(=O)N1CCCN(Cc2cc(C#CCCO)cs2)CC1. The summed E-state index contributed by atoms with van der Waals surface area (Å²) < 4.78 is 0. The Balaban J connectivity index is 1.87. The van der Waals surface area contributed by atoms with E-state index in [-0.39, 0.29) is 12.5 Å². The Morgan fingerprint density at radius 2 is 2.24 bits per heavy atom. The van der Waals surface area contributed by atoms with Crippen molar-refractivity contribution >= 4 is 17.2 Å². The van der Waals surface area contributed by atoms with Crippen LogP contribution in [0.15, 0.2) is 11.4 Å². The van der Waals surface area contributed by atoms with Gasteiger partial charge in [-0.3, -0.25) is 9.69 Å². The third-order valence-electron chi connectivity index (χ3n) is 3.54. The Labute approximate surface area is 130 Å². The van der Waals surface area contributed by atoms with Crippen molar-refractivity contribution in [2.45, 2.75) is 26.3 Å². The molecule has 1 fully saturated rings. The maximum atomic E-state index is 11.4. The Bertz CT molecular complexity index is 530. The Morgan fingerprint density at radius 3 is 3.00 bits per heavy atom. The fourth-order valence-corrected chi connectivity index (χ4v) is 3.27. The van der Waals surface area contributed by atoms with Gasteiger partial charge < -0.3 is 10.0 Å². The zero-order chi connectivity index (χ0) is 15.1. The Kier molecular flexibility index (Phi) is 6.24. The molecule has 0 aromatic carbocycles. The number of aliphatic hydroxyl groups is 1. The van der Waals surface area contributed by atoms with Gasteiger partial charge in [-0.25, -0.2) is 0 Å². The van der Waals surface area contributed by atoms with Crippen molar-refractivity contribution in [3.63, 3.8) is 0 Å². The molecule has 0 aliphatic carbocycles. The molecule has 0 bridgehead atoms. The van der Waals surface area contributed by atoms with Gasteiger partial charge in [-0.15, -0.1) is 11.3 Å². The Morgan fingerprint density at radius 1 is 1.38 bits per heavy atom. The summed E-state index contributed by atoms with van der Waals surface area (Å²) in [4.78, 5) is 17.1. The molecule has 5 heteroatoms. The number of hydrogen-bond acceptors (Lipinski definition) is 4. The van der Waals surface area contributed by atoms with Crippen molar-refractivity contribution in [2.75, 3.05) is 32.8 Å². The topological polar surface area (TPSA) is 43.8 Å². The smallest absolute Gasteiger partial charge is 0.219 e. The van der Waals surface area contributed by atoms with Gasteiger partial charge in [0.15, 0.2) is 0 Å². The molecule has 21 heavy (non-hydrogen) atoms. The van der Waals surface area contributed by atoms with Crippen LogP contribution in [0, 0.1) is 11.8 Å². The van der Waals surface area contributed by atoms with Crippen molar-refractivity contribution in [2.24, 2.45) is 0 Å². The molecule has 0 saturated carbocycles. The van der Waals surface area contributed by atoms with Crippen molar-refractivity contribution in [1.29, 1.82) is 0 Å². The van der Waals surface area contributed by atoms with E-state index in [9.17, 15) is 4.79 Å². The summed E-state index contributed by atoms with van der Waals surface area (Å²) in [6.45, 7) is 6.35. The molecule has 1 amide bonds. The Hall–Kier alpha value is -1.35. The van der Waals surface area contributed by atoms with Gasteiger partial charge in [-0.05, 0) is 12.5 Å². The van der Waals surface area contributed by atoms with Gasteiger partial charge >= 0.3 is 0 Å². The number of nitrogens with zero attached hydrogens (tertiary/aromatic N) is 2. The average molecular weight is 306 g/mol. The van der Waals surface area contributed by atoms with Crippen LogP contribution in [0.1, 0.15) is 30.2 Å². The van der Waals surface area contributed by atoms with Crippen LogP contribution in [0.4, 0.5) is 0 Å². The first-order valence-corrected chi connectivity index (χ1v) is 8.22. The summed E-state index contributed by atoms with van der Waals surface area (Å²) in [5.74, 6) is 6.19. The molecule has 0 unspecified atom stereocenters. The number of aliphatic hydroxyl groups excluding tert-OH is 1. The molecule has 1 saturated heterocycles. The van der Waals surface area contributed by atoms with Crippen LogP contribution in [0.2, 0.25) is 0 Å². The molecule has 1 aromatic rings. The van der Waals surface area contributed by atoms with Gasteiger partial charge in [-0.1, -0.05) is 11.8 Å². The van der Waals surface area contributed by atoms with E-state index in [2.05, 4.69) is 28.2 Å². The lowest BCUT2D eigenvalue weighted by molar-refractivity contribution is -0.128. The summed E-state index contributed by atoms with van der Waals surface area (Å²) in [6, 6.07) is 2.13. The van der Waals surface area contributed by atoms with Crippen LogP contribution in [0.25, 0.3) is 0 Å². The van der Waals surface area contributed by atoms with Gasteiger partial charge in [0.25, 0.3) is 0 Å². The van der Waals surface area contributed by atoms with E-state index < -0.39 is 0 Å². The van der Waals surface area contributed by atoms with Gasteiger partial charge in [-0.2, -0.15) is 0 Å². The van der Waals surface area contributed by atoms with Crippen molar-refractivity contribution in [1.82, 2.24) is 9.80 Å². The third-order valence-corrected chi connectivity index (χ3v) is 4.46. The number of hydrogen-bond donors (Lipinski definition) is 1. The van der Waals surface area contributed by atoms with E-state index in [1.807, 2.05) is 4.90 Å². The summed E-state index contributed by atoms with van der Waals surface area (Å²) >= 11 is 1.73. The molecular formula is C16H22N2O2S. The number of rotatable bonds is 3. The average Bonchev–Trinajstić information content (AvgIpc) is 2.76. The highest BCUT2D eigenvalue weighted by molar-refractivity contribution is 7.10. The molecule has 2 heterocycles. The van der Waals surface area contributed by atoms with Crippen LogP contribution < -0.4 is 0 Å².